The lowest BCUT2D eigenvalue weighted by molar-refractivity contribution is -0.206. The number of ether oxygens (including phenoxy) is 2. The van der Waals surface area contributed by atoms with Gasteiger partial charge in [-0.2, -0.15) is 13.2 Å². The molecule has 1 aliphatic heterocycles. The van der Waals surface area contributed by atoms with Crippen LogP contribution in [0.2, 0.25) is 5.02 Å². The third-order valence-electron chi connectivity index (χ3n) is 4.67. The molecule has 0 saturated carbocycles. The summed E-state index contributed by atoms with van der Waals surface area (Å²) in [5.74, 6) is -3.00. The Morgan fingerprint density at radius 2 is 1.88 bits per heavy atom. The van der Waals surface area contributed by atoms with Crippen molar-refractivity contribution in [3.63, 3.8) is 0 Å². The van der Waals surface area contributed by atoms with Crippen molar-refractivity contribution < 1.29 is 40.2 Å². The fourth-order valence-electron chi connectivity index (χ4n) is 3.29. The Balaban J connectivity index is 1.90. The van der Waals surface area contributed by atoms with E-state index in [9.17, 15) is 30.8 Å². The second-order valence-electron chi connectivity index (χ2n) is 6.69. The molecule has 0 aliphatic carbocycles. The molecular weight excluding hydrogens is 480 g/mol. The lowest BCUT2D eigenvalue weighted by Gasteiger charge is -2.20. The first-order valence-electron chi connectivity index (χ1n) is 8.99. The molecule has 2 aromatic carbocycles. The SMILES string of the molecule is O=C(OC1NCCOc2ccc3c(c(Cl)cn3S(=O)(=O)c3ccc(F)cc3)c21)C(F)(F)F. The summed E-state index contributed by atoms with van der Waals surface area (Å²) < 4.78 is 88.7. The summed E-state index contributed by atoms with van der Waals surface area (Å²) in [5.41, 5.74) is -0.0610. The number of esters is 1. The van der Waals surface area contributed by atoms with Crippen LogP contribution in [0.3, 0.4) is 0 Å². The predicted molar refractivity (Wildman–Crippen MR) is 104 cm³/mol. The van der Waals surface area contributed by atoms with E-state index in [1.54, 1.807) is 0 Å². The fraction of sp³-hybridized carbons (Fsp3) is 0.211. The van der Waals surface area contributed by atoms with E-state index >= 15 is 0 Å². The van der Waals surface area contributed by atoms with Gasteiger partial charge in [0.05, 0.1) is 21.0 Å². The Labute approximate surface area is 183 Å². The third-order valence-corrected chi connectivity index (χ3v) is 6.64. The van der Waals surface area contributed by atoms with E-state index in [1.807, 2.05) is 0 Å². The van der Waals surface area contributed by atoms with E-state index in [-0.39, 0.29) is 45.3 Å². The van der Waals surface area contributed by atoms with Crippen molar-refractivity contribution >= 4 is 38.5 Å². The molecule has 1 unspecified atom stereocenters. The quantitative estimate of drug-likeness (QED) is 0.442. The lowest BCUT2D eigenvalue weighted by atomic mass is 10.1. The van der Waals surface area contributed by atoms with Crippen molar-refractivity contribution in [3.8, 4) is 5.75 Å². The van der Waals surface area contributed by atoms with Crippen molar-refractivity contribution in [1.29, 1.82) is 0 Å². The van der Waals surface area contributed by atoms with Gasteiger partial charge in [0, 0.05) is 18.1 Å². The topological polar surface area (TPSA) is 86.6 Å². The number of carbonyl (C=O) groups excluding carboxylic acids is 1. The largest absolute Gasteiger partial charge is 0.492 e. The van der Waals surface area contributed by atoms with E-state index in [1.165, 1.54) is 12.1 Å². The zero-order valence-electron chi connectivity index (χ0n) is 15.8. The molecule has 3 aromatic rings. The monoisotopic (exact) mass is 492 g/mol. The molecule has 0 saturated heterocycles. The Morgan fingerprint density at radius 1 is 1.19 bits per heavy atom. The standard InChI is InChI=1S/C19H13ClF4N2O5S/c20-12-9-26(32(28,29)11-3-1-10(21)2-4-11)13-5-6-14-16(15(12)13)17(25-7-8-30-14)31-18(27)19(22,23)24/h1-6,9,17,25H,7-8H2. The Morgan fingerprint density at radius 3 is 2.53 bits per heavy atom. The minimum Gasteiger partial charge on any atom is -0.492 e. The van der Waals surface area contributed by atoms with Gasteiger partial charge in [0.25, 0.3) is 10.0 Å². The van der Waals surface area contributed by atoms with Gasteiger partial charge in [0.15, 0.2) is 6.23 Å². The van der Waals surface area contributed by atoms with Crippen molar-refractivity contribution in [2.45, 2.75) is 17.3 Å². The first kappa shape index (κ1) is 22.4. The van der Waals surface area contributed by atoms with Crippen LogP contribution >= 0.6 is 11.6 Å². The molecule has 170 valence electrons. The van der Waals surface area contributed by atoms with Crippen LogP contribution in [0.5, 0.6) is 5.75 Å². The summed E-state index contributed by atoms with van der Waals surface area (Å²) >= 11 is 6.29. The van der Waals surface area contributed by atoms with Gasteiger partial charge in [-0.05, 0) is 36.4 Å². The summed E-state index contributed by atoms with van der Waals surface area (Å²) in [6.07, 6.45) is -5.80. The molecule has 0 spiro atoms. The average Bonchev–Trinajstić information content (AvgIpc) is 2.94. The van der Waals surface area contributed by atoms with Crippen LogP contribution in [0, 0.1) is 5.82 Å². The number of rotatable bonds is 3. The maximum atomic E-state index is 13.2. The highest BCUT2D eigenvalue weighted by Gasteiger charge is 2.43. The van der Waals surface area contributed by atoms with Crippen LogP contribution in [-0.4, -0.2) is 37.7 Å². The maximum absolute atomic E-state index is 13.2. The molecule has 7 nitrogen and oxygen atoms in total. The molecule has 0 amide bonds. The number of nitrogens with zero attached hydrogens (tertiary/aromatic N) is 1. The number of aromatic nitrogens is 1. The summed E-state index contributed by atoms with van der Waals surface area (Å²) in [7, 11) is -4.24. The van der Waals surface area contributed by atoms with Crippen LogP contribution in [0.1, 0.15) is 11.8 Å². The van der Waals surface area contributed by atoms with Crippen LogP contribution in [0.25, 0.3) is 10.9 Å². The molecule has 1 aliphatic rings. The number of hydrogen-bond acceptors (Lipinski definition) is 6. The molecule has 0 bridgehead atoms. The molecule has 32 heavy (non-hydrogen) atoms. The Bertz CT molecular complexity index is 1310. The van der Waals surface area contributed by atoms with Gasteiger partial charge in [-0.1, -0.05) is 11.6 Å². The van der Waals surface area contributed by atoms with Gasteiger partial charge in [-0.25, -0.2) is 21.6 Å². The van der Waals surface area contributed by atoms with Crippen molar-refractivity contribution in [2.75, 3.05) is 13.2 Å². The molecule has 1 atom stereocenters. The minimum atomic E-state index is -5.25. The number of fused-ring (bicyclic) bond motifs is 3. The van der Waals surface area contributed by atoms with Gasteiger partial charge in [-0.15, -0.1) is 0 Å². The van der Waals surface area contributed by atoms with Gasteiger partial charge in [-0.3, -0.25) is 5.32 Å². The molecule has 4 rings (SSSR count). The van der Waals surface area contributed by atoms with E-state index in [2.05, 4.69) is 10.1 Å². The first-order valence-corrected chi connectivity index (χ1v) is 10.8. The Kier molecular flexibility index (Phi) is 5.55. The number of nitrogens with one attached hydrogen (secondary N) is 1. The van der Waals surface area contributed by atoms with Crippen molar-refractivity contribution in [3.05, 3.63) is 59.0 Å². The molecular formula is C19H13ClF4N2O5S. The van der Waals surface area contributed by atoms with Gasteiger partial charge in [0.1, 0.15) is 18.2 Å². The molecule has 0 radical (unpaired) electrons. The molecule has 1 N–H and O–H groups in total. The number of benzene rings is 2. The van der Waals surface area contributed by atoms with Crippen LogP contribution in [0.4, 0.5) is 17.6 Å². The maximum Gasteiger partial charge on any atom is 0.490 e. The summed E-state index contributed by atoms with van der Waals surface area (Å²) in [6.45, 7) is 0.0863. The van der Waals surface area contributed by atoms with E-state index < -0.39 is 34.2 Å². The van der Waals surface area contributed by atoms with Crippen LogP contribution in [-0.2, 0) is 19.6 Å². The highest BCUT2D eigenvalue weighted by molar-refractivity contribution is 7.90. The van der Waals surface area contributed by atoms with Gasteiger partial charge < -0.3 is 9.47 Å². The molecule has 13 heteroatoms. The molecule has 0 fully saturated rings. The third kappa shape index (κ3) is 3.89. The zero-order chi connectivity index (χ0) is 23.3. The highest BCUT2D eigenvalue weighted by atomic mass is 35.5. The summed E-state index contributed by atoms with van der Waals surface area (Å²) in [4.78, 5) is 11.2. The normalized spacial score (nSPS) is 16.8. The first-order chi connectivity index (χ1) is 15.0. The van der Waals surface area contributed by atoms with Crippen molar-refractivity contribution in [2.24, 2.45) is 0 Å². The second-order valence-corrected chi connectivity index (χ2v) is 8.91. The number of halogens is 5. The van der Waals surface area contributed by atoms with Gasteiger partial charge in [0.2, 0.25) is 0 Å². The molecule has 2 heterocycles. The van der Waals surface area contributed by atoms with Gasteiger partial charge >= 0.3 is 12.1 Å². The predicted octanol–water partition coefficient (Wildman–Crippen LogP) is 3.76. The Hall–Kier alpha value is -2.83. The zero-order valence-corrected chi connectivity index (χ0v) is 17.4. The molecule has 1 aromatic heterocycles. The number of alkyl halides is 3. The van der Waals surface area contributed by atoms with E-state index in [4.69, 9.17) is 16.3 Å². The average molecular weight is 493 g/mol. The second kappa shape index (κ2) is 7.94. The van der Waals surface area contributed by atoms with Crippen LogP contribution in [0.15, 0.2) is 47.5 Å². The van der Waals surface area contributed by atoms with E-state index in [0.29, 0.717) is 0 Å². The number of carbonyl (C=O) groups is 1. The lowest BCUT2D eigenvalue weighted by Crippen LogP contribution is -2.33. The van der Waals surface area contributed by atoms with E-state index in [0.717, 1.165) is 34.4 Å². The smallest absolute Gasteiger partial charge is 0.490 e. The fourth-order valence-corrected chi connectivity index (χ4v) is 5.01. The summed E-state index contributed by atoms with van der Waals surface area (Å²) in [6, 6.07) is 6.76. The minimum absolute atomic E-state index is 0.00145. The highest BCUT2D eigenvalue weighted by Crippen LogP contribution is 2.41. The summed E-state index contributed by atoms with van der Waals surface area (Å²) in [5, 5.41) is 2.50. The number of hydrogen-bond donors (Lipinski definition) is 1. The van der Waals surface area contributed by atoms with Crippen molar-refractivity contribution in [1.82, 2.24) is 9.29 Å². The van der Waals surface area contributed by atoms with Crippen LogP contribution < -0.4 is 10.1 Å².